The molecule has 1 heterocycles. The number of rotatable bonds is 11. The minimum Gasteiger partial charge on any atom is -0.497 e. The molecule has 0 fully saturated rings. The fourth-order valence-corrected chi connectivity index (χ4v) is 3.11. The summed E-state index contributed by atoms with van der Waals surface area (Å²) in [5, 5.41) is 0. The molecule has 1 aromatic heterocycles. The number of nitrogens with zero attached hydrogens (tertiary/aromatic N) is 1. The van der Waals surface area contributed by atoms with Gasteiger partial charge in [-0.2, -0.15) is 0 Å². The Morgan fingerprint density at radius 3 is 2.34 bits per heavy atom. The molecule has 7 nitrogen and oxygen atoms in total. The maximum Gasteiger partial charge on any atom is 0.344 e. The number of carbonyl (C=O) groups is 1. The molecule has 0 aliphatic rings. The SMILES string of the molecule is COc1ccc(OCCn2ccc(=O)c(OCC(=O)OCCc3ccccc3)c2C)cc1. The topological polar surface area (TPSA) is 76.0 Å². The van der Waals surface area contributed by atoms with Crippen LogP contribution < -0.4 is 19.6 Å². The first-order valence-electron chi connectivity index (χ1n) is 10.4. The van der Waals surface area contributed by atoms with Crippen LogP contribution in [0.4, 0.5) is 0 Å². The van der Waals surface area contributed by atoms with Gasteiger partial charge in [0.2, 0.25) is 5.43 Å². The highest BCUT2D eigenvalue weighted by Crippen LogP contribution is 2.17. The summed E-state index contributed by atoms with van der Waals surface area (Å²) in [5.74, 6) is 1.10. The number of hydrogen-bond donors (Lipinski definition) is 0. The highest BCUT2D eigenvalue weighted by atomic mass is 16.6. The zero-order chi connectivity index (χ0) is 22.8. The van der Waals surface area contributed by atoms with Crippen molar-refractivity contribution in [2.24, 2.45) is 0 Å². The van der Waals surface area contributed by atoms with E-state index in [4.69, 9.17) is 18.9 Å². The van der Waals surface area contributed by atoms with Crippen molar-refractivity contribution in [2.45, 2.75) is 19.9 Å². The summed E-state index contributed by atoms with van der Waals surface area (Å²) < 4.78 is 23.4. The highest BCUT2D eigenvalue weighted by Gasteiger charge is 2.12. The lowest BCUT2D eigenvalue weighted by Crippen LogP contribution is -2.22. The Labute approximate surface area is 187 Å². The number of pyridine rings is 1. The second-order valence-corrected chi connectivity index (χ2v) is 7.06. The summed E-state index contributed by atoms with van der Waals surface area (Å²) >= 11 is 0. The first-order chi connectivity index (χ1) is 15.6. The maximum atomic E-state index is 12.2. The van der Waals surface area contributed by atoms with Crippen LogP contribution in [-0.4, -0.2) is 37.5 Å². The maximum absolute atomic E-state index is 12.2. The molecule has 3 rings (SSSR count). The third kappa shape index (κ3) is 6.63. The van der Waals surface area contributed by atoms with Gasteiger partial charge in [0.05, 0.1) is 26.0 Å². The molecule has 0 unspecified atom stereocenters. The molecule has 0 amide bonds. The summed E-state index contributed by atoms with van der Waals surface area (Å²) in [4.78, 5) is 24.2. The number of benzene rings is 2. The Kier molecular flexibility index (Phi) is 8.31. The van der Waals surface area contributed by atoms with Gasteiger partial charge < -0.3 is 23.5 Å². The average Bonchev–Trinajstić information content (AvgIpc) is 2.81. The fourth-order valence-electron chi connectivity index (χ4n) is 3.11. The number of methoxy groups -OCH3 is 1. The van der Waals surface area contributed by atoms with Crippen molar-refractivity contribution in [2.75, 3.05) is 26.9 Å². The van der Waals surface area contributed by atoms with Gasteiger partial charge in [-0.1, -0.05) is 30.3 Å². The number of aromatic nitrogens is 1. The standard InChI is InChI=1S/C25H27NO6/c1-19-25(32-18-24(28)31-16-13-20-6-4-3-5-7-20)23(27)12-14-26(19)15-17-30-22-10-8-21(29-2)9-11-22/h3-12,14H,13,15-18H2,1-2H3. The van der Waals surface area contributed by atoms with Crippen LogP contribution in [0.2, 0.25) is 0 Å². The molecule has 0 radical (unpaired) electrons. The fraction of sp³-hybridized carbons (Fsp3) is 0.280. The molecule has 3 aromatic rings. The zero-order valence-electron chi connectivity index (χ0n) is 18.3. The Balaban J connectivity index is 1.49. The van der Waals surface area contributed by atoms with Gasteiger partial charge in [0.25, 0.3) is 0 Å². The van der Waals surface area contributed by atoms with Crippen molar-refractivity contribution < 1.29 is 23.7 Å². The zero-order valence-corrected chi connectivity index (χ0v) is 18.3. The van der Waals surface area contributed by atoms with Gasteiger partial charge in [0.1, 0.15) is 18.1 Å². The molecule has 0 aliphatic carbocycles. The first kappa shape index (κ1) is 22.9. The van der Waals surface area contributed by atoms with Crippen LogP contribution in [0.25, 0.3) is 0 Å². The van der Waals surface area contributed by atoms with Crippen LogP contribution in [-0.2, 0) is 22.5 Å². The van der Waals surface area contributed by atoms with E-state index in [-0.39, 0.29) is 24.4 Å². The van der Waals surface area contributed by atoms with Crippen molar-refractivity contribution in [3.8, 4) is 17.2 Å². The second kappa shape index (κ2) is 11.6. The van der Waals surface area contributed by atoms with Crippen molar-refractivity contribution in [1.82, 2.24) is 4.57 Å². The molecule has 2 aromatic carbocycles. The van der Waals surface area contributed by atoms with E-state index in [2.05, 4.69) is 0 Å². The van der Waals surface area contributed by atoms with Gasteiger partial charge >= 0.3 is 5.97 Å². The van der Waals surface area contributed by atoms with E-state index < -0.39 is 5.97 Å². The largest absolute Gasteiger partial charge is 0.497 e. The van der Waals surface area contributed by atoms with E-state index in [1.165, 1.54) is 6.07 Å². The molecule has 7 heteroatoms. The molecule has 0 N–H and O–H groups in total. The third-order valence-electron chi connectivity index (χ3n) is 4.88. The van der Waals surface area contributed by atoms with E-state index in [0.29, 0.717) is 25.3 Å². The van der Waals surface area contributed by atoms with Gasteiger partial charge in [-0.3, -0.25) is 4.79 Å². The lowest BCUT2D eigenvalue weighted by atomic mass is 10.2. The van der Waals surface area contributed by atoms with E-state index in [9.17, 15) is 9.59 Å². The molecule has 32 heavy (non-hydrogen) atoms. The van der Waals surface area contributed by atoms with Gasteiger partial charge in [-0.15, -0.1) is 0 Å². The number of esters is 1. The minimum absolute atomic E-state index is 0.136. The summed E-state index contributed by atoms with van der Waals surface area (Å²) in [6.07, 6.45) is 2.30. The normalized spacial score (nSPS) is 10.4. The lowest BCUT2D eigenvalue weighted by molar-refractivity contribution is -0.145. The smallest absolute Gasteiger partial charge is 0.344 e. The van der Waals surface area contributed by atoms with Crippen LogP contribution >= 0.6 is 0 Å². The van der Waals surface area contributed by atoms with Crippen molar-refractivity contribution >= 4 is 5.97 Å². The second-order valence-electron chi connectivity index (χ2n) is 7.06. The molecule has 0 saturated carbocycles. The Bertz CT molecular complexity index is 1060. The summed E-state index contributed by atoms with van der Waals surface area (Å²) in [6, 6.07) is 18.5. The van der Waals surface area contributed by atoms with Crippen LogP contribution in [0.1, 0.15) is 11.3 Å². The summed E-state index contributed by atoms with van der Waals surface area (Å²) in [7, 11) is 1.61. The lowest BCUT2D eigenvalue weighted by Gasteiger charge is -2.15. The highest BCUT2D eigenvalue weighted by molar-refractivity contribution is 5.71. The summed E-state index contributed by atoms with van der Waals surface area (Å²) in [6.45, 7) is 2.61. The number of carbonyl (C=O) groups excluding carboxylic acids is 1. The Hall–Kier alpha value is -3.74. The van der Waals surface area contributed by atoms with Gasteiger partial charge in [0, 0.05) is 18.7 Å². The van der Waals surface area contributed by atoms with Gasteiger partial charge in [-0.25, -0.2) is 4.79 Å². The van der Waals surface area contributed by atoms with E-state index in [1.54, 1.807) is 20.2 Å². The van der Waals surface area contributed by atoms with Crippen LogP contribution in [0.15, 0.2) is 71.7 Å². The Morgan fingerprint density at radius 2 is 1.62 bits per heavy atom. The molecule has 0 atom stereocenters. The average molecular weight is 437 g/mol. The molecule has 0 aliphatic heterocycles. The van der Waals surface area contributed by atoms with Crippen LogP contribution in [0.3, 0.4) is 0 Å². The van der Waals surface area contributed by atoms with E-state index in [1.807, 2.05) is 59.2 Å². The molecule has 0 bridgehead atoms. The quantitative estimate of drug-likeness (QED) is 0.428. The van der Waals surface area contributed by atoms with E-state index in [0.717, 1.165) is 17.1 Å². The van der Waals surface area contributed by atoms with Gasteiger partial charge in [0.15, 0.2) is 12.4 Å². The number of ether oxygens (including phenoxy) is 4. The van der Waals surface area contributed by atoms with Crippen molar-refractivity contribution in [3.63, 3.8) is 0 Å². The monoisotopic (exact) mass is 437 g/mol. The predicted octanol–water partition coefficient (Wildman–Crippen LogP) is 3.41. The molecule has 168 valence electrons. The van der Waals surface area contributed by atoms with Crippen LogP contribution in [0.5, 0.6) is 17.2 Å². The van der Waals surface area contributed by atoms with Gasteiger partial charge in [-0.05, 0) is 36.8 Å². The third-order valence-corrected chi connectivity index (χ3v) is 4.88. The molecule has 0 spiro atoms. The van der Waals surface area contributed by atoms with Crippen molar-refractivity contribution in [1.29, 1.82) is 0 Å². The summed E-state index contributed by atoms with van der Waals surface area (Å²) in [5.41, 5.74) is 1.42. The van der Waals surface area contributed by atoms with E-state index >= 15 is 0 Å². The minimum atomic E-state index is -0.516. The number of hydrogen-bond acceptors (Lipinski definition) is 6. The molecular formula is C25H27NO6. The Morgan fingerprint density at radius 1 is 0.906 bits per heavy atom. The predicted molar refractivity (Wildman–Crippen MR) is 121 cm³/mol. The molecule has 0 saturated heterocycles. The van der Waals surface area contributed by atoms with Crippen molar-refractivity contribution in [3.05, 3.63) is 88.3 Å². The van der Waals surface area contributed by atoms with Crippen LogP contribution in [0, 0.1) is 6.92 Å². The molecular weight excluding hydrogens is 410 g/mol. The first-order valence-corrected chi connectivity index (χ1v) is 10.4.